The van der Waals surface area contributed by atoms with Crippen LogP contribution < -0.4 is 14.8 Å². The van der Waals surface area contributed by atoms with Crippen LogP contribution in [0.15, 0.2) is 18.2 Å². The molecule has 0 aliphatic rings. The van der Waals surface area contributed by atoms with E-state index in [2.05, 4.69) is 5.32 Å². The fraction of sp³-hybridized carbons (Fsp3) is 0.500. The highest BCUT2D eigenvalue weighted by molar-refractivity contribution is 5.94. The van der Waals surface area contributed by atoms with E-state index in [0.29, 0.717) is 5.75 Å². The van der Waals surface area contributed by atoms with Gasteiger partial charge >= 0.3 is 5.97 Å². The smallest absolute Gasteiger partial charge is 0.342 e. The molecule has 1 amide bonds. The van der Waals surface area contributed by atoms with Crippen LogP contribution in [0.3, 0.4) is 0 Å². The molecule has 0 spiro atoms. The zero-order chi connectivity index (χ0) is 16.5. The van der Waals surface area contributed by atoms with Crippen LogP contribution in [-0.4, -0.2) is 38.7 Å². The first-order valence-electron chi connectivity index (χ1n) is 7.24. The van der Waals surface area contributed by atoms with Crippen molar-refractivity contribution in [1.29, 1.82) is 0 Å². The molecule has 0 bridgehead atoms. The van der Waals surface area contributed by atoms with Gasteiger partial charge in [0.05, 0.1) is 14.2 Å². The lowest BCUT2D eigenvalue weighted by Gasteiger charge is -2.15. The number of methoxy groups -OCH3 is 2. The average molecular weight is 309 g/mol. The monoisotopic (exact) mass is 309 g/mol. The van der Waals surface area contributed by atoms with Crippen molar-refractivity contribution >= 4 is 11.9 Å². The Balaban J connectivity index is 2.68. The van der Waals surface area contributed by atoms with Gasteiger partial charge in [-0.15, -0.1) is 0 Å². The van der Waals surface area contributed by atoms with Gasteiger partial charge in [0.1, 0.15) is 5.56 Å². The lowest BCUT2D eigenvalue weighted by atomic mass is 10.2. The van der Waals surface area contributed by atoms with Crippen LogP contribution in [0.1, 0.15) is 37.0 Å². The van der Waals surface area contributed by atoms with E-state index in [4.69, 9.17) is 14.2 Å². The molecule has 122 valence electrons. The molecule has 0 fully saturated rings. The predicted molar refractivity (Wildman–Crippen MR) is 82.3 cm³/mol. The standard InChI is InChI=1S/C16H23NO5/c1-5-11(6-2)17-14(18)10-22-16(19)12-8-7-9-13(20-3)15(12)21-4/h7-9,11H,5-6,10H2,1-4H3,(H,17,18). The Morgan fingerprint density at radius 1 is 1.14 bits per heavy atom. The zero-order valence-electron chi connectivity index (χ0n) is 13.5. The van der Waals surface area contributed by atoms with E-state index in [-0.39, 0.29) is 29.9 Å². The topological polar surface area (TPSA) is 73.9 Å². The number of hydrogen-bond acceptors (Lipinski definition) is 5. The lowest BCUT2D eigenvalue weighted by Crippen LogP contribution is -2.36. The molecule has 1 aromatic rings. The third kappa shape index (κ3) is 4.65. The predicted octanol–water partition coefficient (Wildman–Crippen LogP) is 2.17. The molecule has 22 heavy (non-hydrogen) atoms. The molecule has 0 aliphatic heterocycles. The summed E-state index contributed by atoms with van der Waals surface area (Å²) in [5, 5.41) is 2.80. The van der Waals surface area contributed by atoms with Crippen LogP contribution >= 0.6 is 0 Å². The molecule has 0 aliphatic carbocycles. The summed E-state index contributed by atoms with van der Waals surface area (Å²) in [6.07, 6.45) is 1.67. The van der Waals surface area contributed by atoms with Crippen molar-refractivity contribution in [1.82, 2.24) is 5.32 Å². The molecule has 0 aromatic heterocycles. The second-order valence-electron chi connectivity index (χ2n) is 4.70. The average Bonchev–Trinajstić information content (AvgIpc) is 2.56. The Kier molecular flexibility index (Phi) is 7.22. The van der Waals surface area contributed by atoms with Gasteiger partial charge in [-0.3, -0.25) is 4.79 Å². The van der Waals surface area contributed by atoms with Crippen molar-refractivity contribution in [3.63, 3.8) is 0 Å². The summed E-state index contributed by atoms with van der Waals surface area (Å²) in [7, 11) is 2.92. The summed E-state index contributed by atoms with van der Waals surface area (Å²) in [6.45, 7) is 3.65. The number of benzene rings is 1. The second kappa shape index (κ2) is 8.92. The molecule has 0 unspecified atom stereocenters. The maximum atomic E-state index is 12.1. The van der Waals surface area contributed by atoms with Crippen molar-refractivity contribution in [2.24, 2.45) is 0 Å². The SMILES string of the molecule is CCC(CC)NC(=O)COC(=O)c1cccc(OC)c1OC. The Labute approximate surface area is 130 Å². The molecule has 0 atom stereocenters. The highest BCUT2D eigenvalue weighted by Crippen LogP contribution is 2.30. The minimum absolute atomic E-state index is 0.0950. The largest absolute Gasteiger partial charge is 0.493 e. The van der Waals surface area contributed by atoms with Crippen LogP contribution in [-0.2, 0) is 9.53 Å². The molecule has 1 N–H and O–H groups in total. The van der Waals surface area contributed by atoms with E-state index in [9.17, 15) is 9.59 Å². The number of ether oxygens (including phenoxy) is 3. The van der Waals surface area contributed by atoms with Crippen molar-refractivity contribution in [2.45, 2.75) is 32.7 Å². The third-order valence-electron chi connectivity index (χ3n) is 3.31. The third-order valence-corrected chi connectivity index (χ3v) is 3.31. The van der Waals surface area contributed by atoms with Gasteiger partial charge in [-0.2, -0.15) is 0 Å². The van der Waals surface area contributed by atoms with Gasteiger partial charge in [0, 0.05) is 6.04 Å². The number of amides is 1. The number of carbonyl (C=O) groups excluding carboxylic acids is 2. The van der Waals surface area contributed by atoms with Crippen LogP contribution in [0.5, 0.6) is 11.5 Å². The maximum Gasteiger partial charge on any atom is 0.342 e. The fourth-order valence-electron chi connectivity index (χ4n) is 2.02. The molecule has 0 radical (unpaired) electrons. The van der Waals surface area contributed by atoms with Gasteiger partial charge in [0.15, 0.2) is 18.1 Å². The van der Waals surface area contributed by atoms with Crippen LogP contribution in [0, 0.1) is 0 Å². The molecule has 1 rings (SSSR count). The maximum absolute atomic E-state index is 12.1. The quantitative estimate of drug-likeness (QED) is 0.745. The molecule has 6 nitrogen and oxygen atoms in total. The van der Waals surface area contributed by atoms with E-state index in [1.54, 1.807) is 18.2 Å². The van der Waals surface area contributed by atoms with Gasteiger partial charge in [-0.25, -0.2) is 4.79 Å². The van der Waals surface area contributed by atoms with Crippen molar-refractivity contribution in [3.05, 3.63) is 23.8 Å². The van der Waals surface area contributed by atoms with Gasteiger partial charge in [0.25, 0.3) is 5.91 Å². The van der Waals surface area contributed by atoms with Gasteiger partial charge in [0.2, 0.25) is 0 Å². The van der Waals surface area contributed by atoms with Crippen LogP contribution in [0.2, 0.25) is 0 Å². The molecular formula is C16H23NO5. The number of hydrogen-bond donors (Lipinski definition) is 1. The molecule has 0 heterocycles. The Morgan fingerprint density at radius 2 is 1.82 bits per heavy atom. The Morgan fingerprint density at radius 3 is 2.36 bits per heavy atom. The Hall–Kier alpha value is -2.24. The Bertz CT molecular complexity index is 511. The van der Waals surface area contributed by atoms with Crippen molar-refractivity contribution in [3.8, 4) is 11.5 Å². The number of rotatable bonds is 8. The van der Waals surface area contributed by atoms with E-state index < -0.39 is 5.97 Å². The fourth-order valence-corrected chi connectivity index (χ4v) is 2.02. The minimum Gasteiger partial charge on any atom is -0.493 e. The van der Waals surface area contributed by atoms with Gasteiger partial charge in [-0.05, 0) is 25.0 Å². The molecular weight excluding hydrogens is 286 g/mol. The van der Waals surface area contributed by atoms with E-state index in [1.807, 2.05) is 13.8 Å². The van der Waals surface area contributed by atoms with Gasteiger partial charge in [-0.1, -0.05) is 19.9 Å². The first-order valence-corrected chi connectivity index (χ1v) is 7.24. The summed E-state index contributed by atoms with van der Waals surface area (Å²) in [6, 6.07) is 4.98. The van der Waals surface area contributed by atoms with E-state index >= 15 is 0 Å². The summed E-state index contributed by atoms with van der Waals surface area (Å²) < 4.78 is 15.3. The highest BCUT2D eigenvalue weighted by atomic mass is 16.5. The number of nitrogens with one attached hydrogen (secondary N) is 1. The van der Waals surface area contributed by atoms with E-state index in [1.165, 1.54) is 14.2 Å². The van der Waals surface area contributed by atoms with E-state index in [0.717, 1.165) is 12.8 Å². The first kappa shape index (κ1) is 17.8. The molecule has 1 aromatic carbocycles. The second-order valence-corrected chi connectivity index (χ2v) is 4.70. The van der Waals surface area contributed by atoms with Crippen molar-refractivity contribution in [2.75, 3.05) is 20.8 Å². The number of esters is 1. The first-order chi connectivity index (χ1) is 10.6. The summed E-state index contributed by atoms with van der Waals surface area (Å²) >= 11 is 0. The van der Waals surface area contributed by atoms with Crippen LogP contribution in [0.25, 0.3) is 0 Å². The van der Waals surface area contributed by atoms with Crippen LogP contribution in [0.4, 0.5) is 0 Å². The summed E-state index contributed by atoms with van der Waals surface area (Å²) in [5.41, 5.74) is 0.220. The number of para-hydroxylation sites is 1. The molecule has 0 saturated heterocycles. The van der Waals surface area contributed by atoms with Gasteiger partial charge < -0.3 is 19.5 Å². The lowest BCUT2D eigenvalue weighted by molar-refractivity contribution is -0.125. The zero-order valence-corrected chi connectivity index (χ0v) is 13.5. The number of carbonyl (C=O) groups is 2. The molecule has 6 heteroatoms. The normalized spacial score (nSPS) is 10.2. The summed E-state index contributed by atoms with van der Waals surface area (Å²) in [5.74, 6) is -0.229. The van der Waals surface area contributed by atoms with Crippen molar-refractivity contribution < 1.29 is 23.8 Å². The highest BCUT2D eigenvalue weighted by Gasteiger charge is 2.19. The summed E-state index contributed by atoms with van der Waals surface area (Å²) in [4.78, 5) is 23.8. The minimum atomic E-state index is -0.629. The molecule has 0 saturated carbocycles.